The molecule has 1 aromatic heterocycles. The van der Waals surface area contributed by atoms with Crippen LogP contribution in [0.3, 0.4) is 0 Å². The zero-order valence-corrected chi connectivity index (χ0v) is 21.0. The summed E-state index contributed by atoms with van der Waals surface area (Å²) in [7, 11) is -5.30. The van der Waals surface area contributed by atoms with Crippen molar-refractivity contribution in [3.63, 3.8) is 0 Å². The van der Waals surface area contributed by atoms with Gasteiger partial charge in [-0.05, 0) is 47.8 Å². The molecule has 0 fully saturated rings. The molecule has 1 heterocycles. The topological polar surface area (TPSA) is 108 Å². The molecule has 0 aliphatic carbocycles. The van der Waals surface area contributed by atoms with E-state index in [1.54, 1.807) is 5.66 Å². The van der Waals surface area contributed by atoms with Crippen molar-refractivity contribution < 1.29 is 46.4 Å². The average molecular weight is 553 g/mol. The van der Waals surface area contributed by atoms with Gasteiger partial charge < -0.3 is 15.1 Å². The van der Waals surface area contributed by atoms with Crippen molar-refractivity contribution >= 4 is 13.3 Å². The summed E-state index contributed by atoms with van der Waals surface area (Å²) in [5.74, 6) is -10.7. The third-order valence-corrected chi connectivity index (χ3v) is 8.18. The summed E-state index contributed by atoms with van der Waals surface area (Å²) >= 11 is 0. The van der Waals surface area contributed by atoms with Gasteiger partial charge in [0.15, 0.2) is 23.3 Å². The highest BCUT2D eigenvalue weighted by atomic mass is 31.2. The minimum atomic E-state index is -5.30. The predicted molar refractivity (Wildman–Crippen MR) is 129 cm³/mol. The number of halogens is 5. The molecular weight excluding hydrogens is 532 g/mol. The summed E-state index contributed by atoms with van der Waals surface area (Å²) in [5, 5.41) is 17.9. The molecule has 12 heteroatoms. The number of aliphatic hydroxyl groups is 1. The lowest BCUT2D eigenvalue weighted by Gasteiger charge is -2.37. The number of benzene rings is 2. The second-order valence-corrected chi connectivity index (χ2v) is 10.9. The van der Waals surface area contributed by atoms with Gasteiger partial charge in [0, 0.05) is 17.3 Å². The largest absolute Gasteiger partial charge is 0.480 e. The first-order valence-electron chi connectivity index (χ1n) is 11.0. The smallest absolute Gasteiger partial charge is 0.327 e. The molecule has 38 heavy (non-hydrogen) atoms. The van der Waals surface area contributed by atoms with Gasteiger partial charge in [-0.3, -0.25) is 14.3 Å². The highest BCUT2D eigenvalue weighted by Gasteiger charge is 2.61. The van der Waals surface area contributed by atoms with Crippen molar-refractivity contribution in [3.05, 3.63) is 76.7 Å². The minimum absolute atomic E-state index is 0.00931. The van der Waals surface area contributed by atoms with Gasteiger partial charge in [-0.25, -0.2) is 22.0 Å². The van der Waals surface area contributed by atoms with Crippen LogP contribution in [0, 0.1) is 41.2 Å². The Labute approximate surface area is 214 Å². The molecule has 3 atom stereocenters. The van der Waals surface area contributed by atoms with Crippen LogP contribution in [0.25, 0.3) is 22.4 Å². The van der Waals surface area contributed by atoms with Crippen molar-refractivity contribution in [2.24, 2.45) is 0 Å². The van der Waals surface area contributed by atoms with Gasteiger partial charge in [0.25, 0.3) is 7.37 Å². The van der Waals surface area contributed by atoms with E-state index in [0.717, 1.165) is 37.3 Å². The van der Waals surface area contributed by atoms with E-state index >= 15 is 0 Å². The molecule has 0 saturated heterocycles. The van der Waals surface area contributed by atoms with E-state index in [0.29, 0.717) is 0 Å². The molecule has 0 bridgehead atoms. The number of hydrogen-bond donors (Lipinski definition) is 3. The second kappa shape index (κ2) is 10.3. The van der Waals surface area contributed by atoms with E-state index in [1.807, 2.05) is 0 Å². The number of nitrogens with zero attached hydrogens (tertiary/aromatic N) is 1. The van der Waals surface area contributed by atoms with Crippen molar-refractivity contribution in [3.8, 4) is 34.5 Å². The van der Waals surface area contributed by atoms with E-state index in [1.165, 1.54) is 13.8 Å². The first kappa shape index (κ1) is 29.0. The Hall–Kier alpha value is -3.58. The maximum Gasteiger partial charge on any atom is 0.327 e. The fourth-order valence-electron chi connectivity index (χ4n) is 4.30. The van der Waals surface area contributed by atoms with Crippen LogP contribution in [0.5, 0.6) is 0 Å². The lowest BCUT2D eigenvalue weighted by molar-refractivity contribution is -0.143. The summed E-state index contributed by atoms with van der Waals surface area (Å²) in [6, 6.07) is 4.95. The molecule has 3 unspecified atom stereocenters. The quantitative estimate of drug-likeness (QED) is 0.149. The fraction of sp³-hybridized carbons (Fsp3) is 0.231. The van der Waals surface area contributed by atoms with Crippen LogP contribution in [0.2, 0.25) is 0 Å². The van der Waals surface area contributed by atoms with Crippen LogP contribution in [0.1, 0.15) is 37.9 Å². The van der Waals surface area contributed by atoms with Gasteiger partial charge in [-0.2, -0.15) is 0 Å². The molecule has 0 aliphatic heterocycles. The number of rotatable bonds is 7. The summed E-state index contributed by atoms with van der Waals surface area (Å²) < 4.78 is 84.7. The van der Waals surface area contributed by atoms with Gasteiger partial charge in [0.1, 0.15) is 5.82 Å². The maximum atomic E-state index is 14.8. The van der Waals surface area contributed by atoms with E-state index in [4.69, 9.17) is 6.42 Å². The maximum absolute atomic E-state index is 14.8. The Morgan fingerprint density at radius 2 is 1.55 bits per heavy atom. The summed E-state index contributed by atoms with van der Waals surface area (Å²) in [6.45, 7) is 3.79. The third-order valence-electron chi connectivity index (χ3n) is 6.08. The number of carbonyl (C=O) groups is 1. The van der Waals surface area contributed by atoms with Crippen molar-refractivity contribution in [1.82, 2.24) is 4.98 Å². The Morgan fingerprint density at radius 3 is 1.97 bits per heavy atom. The lowest BCUT2D eigenvalue weighted by Crippen LogP contribution is -2.46. The van der Waals surface area contributed by atoms with Crippen molar-refractivity contribution in [2.75, 3.05) is 0 Å². The predicted octanol–water partition coefficient (Wildman–Crippen LogP) is 5.76. The molecule has 3 rings (SSSR count). The van der Waals surface area contributed by atoms with Crippen molar-refractivity contribution in [1.29, 1.82) is 0 Å². The van der Waals surface area contributed by atoms with Gasteiger partial charge in [0.2, 0.25) is 5.16 Å². The summed E-state index contributed by atoms with van der Waals surface area (Å²) in [4.78, 5) is 27.6. The highest BCUT2D eigenvalue weighted by Crippen LogP contribution is 2.64. The van der Waals surface area contributed by atoms with Crippen LogP contribution in [-0.2, 0) is 14.5 Å². The van der Waals surface area contributed by atoms with E-state index in [2.05, 4.69) is 4.98 Å². The molecule has 2 aromatic carbocycles. The molecule has 6 nitrogen and oxygen atoms in total. The molecule has 3 N–H and O–H groups in total. The molecular formula is C26H21F5NO5P. The number of hydrogen-bond acceptors (Lipinski definition) is 4. The van der Waals surface area contributed by atoms with Gasteiger partial charge in [-0.15, -0.1) is 6.42 Å². The van der Waals surface area contributed by atoms with Crippen LogP contribution < -0.4 is 0 Å². The van der Waals surface area contributed by atoms with E-state index < -0.39 is 76.4 Å². The normalized spacial score (nSPS) is 15.4. The SMILES string of the molecule is C#CP(=O)(O)C(C(=O)O)(c1c(-c2ccc(F)cc2)cc(-c2c(F)c(F)cc(F)c2F)nc1C(C)C)C(C)O. The molecule has 3 aromatic rings. The number of terminal acetylenes is 1. The first-order valence-corrected chi connectivity index (χ1v) is 12.6. The number of carboxylic acid groups (broad SMARTS) is 1. The Bertz CT molecular complexity index is 1490. The summed E-state index contributed by atoms with van der Waals surface area (Å²) in [6.07, 6.45) is 3.10. The van der Waals surface area contributed by atoms with Gasteiger partial charge in [0.05, 0.1) is 17.4 Å². The highest BCUT2D eigenvalue weighted by molar-refractivity contribution is 7.65. The molecule has 0 spiro atoms. The number of aliphatic carboxylic acids is 1. The van der Waals surface area contributed by atoms with E-state index in [-0.39, 0.29) is 22.9 Å². The first-order chi connectivity index (χ1) is 17.6. The third kappa shape index (κ3) is 4.49. The minimum Gasteiger partial charge on any atom is -0.480 e. The molecule has 0 aliphatic rings. The standard InChI is InChI=1S/C26H21F5NO5P/c1-5-38(36,37)26(13(4)33,25(34)35)21-16(14-6-8-15(27)9-7-14)10-19(32-24(21)12(2)3)20-22(30)17(28)11-18(29)23(20)31/h1,6-13,33H,2-4H3,(H,34,35)(H,36,37). The van der Waals surface area contributed by atoms with Crippen molar-refractivity contribution in [2.45, 2.75) is 37.9 Å². The summed E-state index contributed by atoms with van der Waals surface area (Å²) in [5.41, 5.74) is -1.77. The van der Waals surface area contributed by atoms with Crippen LogP contribution in [0.4, 0.5) is 22.0 Å². The monoisotopic (exact) mass is 553 g/mol. The Balaban J connectivity index is 2.69. The van der Waals surface area contributed by atoms with Gasteiger partial charge >= 0.3 is 5.97 Å². The Kier molecular flexibility index (Phi) is 7.85. The Morgan fingerprint density at radius 1 is 1.03 bits per heavy atom. The number of pyridine rings is 1. The average Bonchev–Trinajstić information content (AvgIpc) is 2.83. The lowest BCUT2D eigenvalue weighted by atomic mass is 9.82. The van der Waals surface area contributed by atoms with Crippen LogP contribution >= 0.6 is 7.37 Å². The number of aliphatic hydroxyl groups excluding tert-OH is 1. The zero-order valence-electron chi connectivity index (χ0n) is 20.1. The fourth-order valence-corrected chi connectivity index (χ4v) is 5.80. The number of aromatic nitrogens is 1. The van der Waals surface area contributed by atoms with Crippen LogP contribution in [0.15, 0.2) is 36.4 Å². The van der Waals surface area contributed by atoms with Crippen LogP contribution in [-0.4, -0.2) is 32.2 Å². The number of carboxylic acids is 1. The second-order valence-electron chi connectivity index (χ2n) is 8.77. The zero-order chi connectivity index (χ0) is 28.7. The molecule has 0 amide bonds. The molecule has 0 radical (unpaired) electrons. The molecule has 0 saturated carbocycles. The van der Waals surface area contributed by atoms with E-state index in [9.17, 15) is 46.4 Å². The molecule has 200 valence electrons. The van der Waals surface area contributed by atoms with Gasteiger partial charge in [-0.1, -0.05) is 26.0 Å².